The van der Waals surface area contributed by atoms with Crippen LogP contribution in [0.4, 0.5) is 4.79 Å². The number of morpholine rings is 1. The number of carbonyl (C=O) groups excluding carboxylic acids is 2. The first-order chi connectivity index (χ1) is 23.8. The van der Waals surface area contributed by atoms with Gasteiger partial charge in [0.25, 0.3) is 0 Å². The summed E-state index contributed by atoms with van der Waals surface area (Å²) >= 11 is 0. The van der Waals surface area contributed by atoms with Gasteiger partial charge in [0.1, 0.15) is 19.0 Å². The number of hydrogen-bond donors (Lipinski definition) is 3. The number of ether oxygens (including phenoxy) is 4. The molecule has 0 bridgehead atoms. The van der Waals surface area contributed by atoms with Crippen LogP contribution >= 0.6 is 0 Å². The molecule has 2 fully saturated rings. The van der Waals surface area contributed by atoms with Gasteiger partial charge in [-0.3, -0.25) is 9.69 Å². The van der Waals surface area contributed by atoms with Crippen molar-refractivity contribution in [3.05, 3.63) is 65.2 Å². The van der Waals surface area contributed by atoms with E-state index in [-0.39, 0.29) is 25.5 Å². The maximum Gasteiger partial charge on any atom is 0.407 e. The van der Waals surface area contributed by atoms with Crippen LogP contribution in [-0.2, 0) is 25.4 Å². The lowest BCUT2D eigenvalue weighted by Gasteiger charge is -2.34. The highest BCUT2D eigenvalue weighted by Crippen LogP contribution is 2.38. The first-order valence-electron chi connectivity index (χ1n) is 18.0. The zero-order chi connectivity index (χ0) is 34.6. The van der Waals surface area contributed by atoms with E-state index in [1.54, 1.807) is 19.1 Å². The molecule has 2 aliphatic carbocycles. The molecule has 3 N–H and O–H groups in total. The molecule has 49 heavy (non-hydrogen) atoms. The third-order valence-corrected chi connectivity index (χ3v) is 10.4. The fourth-order valence-electron chi connectivity index (χ4n) is 7.61. The highest BCUT2D eigenvalue weighted by Gasteiger charge is 2.39. The van der Waals surface area contributed by atoms with Crippen LogP contribution < -0.4 is 10.1 Å². The molecule has 1 saturated heterocycles. The van der Waals surface area contributed by atoms with E-state index in [2.05, 4.69) is 10.2 Å². The number of nitrogens with zero attached hydrogens (tertiary/aromatic N) is 2. The smallest absolute Gasteiger partial charge is 0.407 e. The van der Waals surface area contributed by atoms with Crippen molar-refractivity contribution in [2.24, 2.45) is 5.92 Å². The second-order valence-electron chi connectivity index (χ2n) is 13.7. The number of methoxy groups -OCH3 is 1. The Bertz CT molecular complexity index is 1310. The van der Waals surface area contributed by atoms with Crippen LogP contribution in [0.3, 0.4) is 0 Å². The number of rotatable bonds is 16. The van der Waals surface area contributed by atoms with Gasteiger partial charge in [0.15, 0.2) is 0 Å². The van der Waals surface area contributed by atoms with Crippen molar-refractivity contribution < 1.29 is 38.7 Å². The number of likely N-dealkylation sites (N-methyl/N-ethyl adjacent to an activating group) is 1. The second-order valence-corrected chi connectivity index (χ2v) is 13.7. The standard InChI is InChI=1S/C38H55N3O8/c1-40(36-31-11-7-6-10-29(31)25-35(36)43)37(44)32(28-12-14-30(15-13-28)48-21-18-41-16-19-47-20-17-41)26-34(42)33(24-27-8-4-3-5-9-27)39-38(45)49-23-22-46-2/h6-7,10-15,27,32-36,42-43H,3-5,8-9,16-26H2,1-2H3,(H,39,45)/t32-,33+,34+,35-,36+/m1/s1. The quantitative estimate of drug-likeness (QED) is 0.225. The van der Waals surface area contributed by atoms with Crippen molar-refractivity contribution in [1.29, 1.82) is 0 Å². The summed E-state index contributed by atoms with van der Waals surface area (Å²) in [5, 5.41) is 25.9. The van der Waals surface area contributed by atoms with E-state index in [0.29, 0.717) is 31.1 Å². The van der Waals surface area contributed by atoms with Crippen molar-refractivity contribution in [3.8, 4) is 5.75 Å². The summed E-state index contributed by atoms with van der Waals surface area (Å²) in [7, 11) is 3.27. The molecule has 0 aromatic heterocycles. The van der Waals surface area contributed by atoms with Crippen LogP contribution in [0.5, 0.6) is 5.75 Å². The lowest BCUT2D eigenvalue weighted by atomic mass is 9.81. The highest BCUT2D eigenvalue weighted by atomic mass is 16.6. The lowest BCUT2D eigenvalue weighted by molar-refractivity contribution is -0.136. The Kier molecular flexibility index (Phi) is 14.1. The zero-order valence-electron chi connectivity index (χ0n) is 29.1. The molecular weight excluding hydrogens is 626 g/mol. The maximum atomic E-state index is 14.5. The van der Waals surface area contributed by atoms with Gasteiger partial charge < -0.3 is 39.4 Å². The van der Waals surface area contributed by atoms with Crippen LogP contribution in [-0.4, -0.2) is 117 Å². The van der Waals surface area contributed by atoms with Gasteiger partial charge in [-0.2, -0.15) is 0 Å². The van der Waals surface area contributed by atoms with E-state index in [4.69, 9.17) is 18.9 Å². The molecule has 0 unspecified atom stereocenters. The van der Waals surface area contributed by atoms with E-state index >= 15 is 0 Å². The van der Waals surface area contributed by atoms with E-state index in [9.17, 15) is 19.8 Å². The number of alkyl carbamates (subject to hydrolysis) is 1. The largest absolute Gasteiger partial charge is 0.492 e. The summed E-state index contributed by atoms with van der Waals surface area (Å²) in [5.41, 5.74) is 2.69. The second kappa shape index (κ2) is 18.7. The van der Waals surface area contributed by atoms with Crippen molar-refractivity contribution in [2.75, 3.05) is 66.8 Å². The molecule has 1 heterocycles. The van der Waals surface area contributed by atoms with Gasteiger partial charge in [0, 0.05) is 40.2 Å². The summed E-state index contributed by atoms with van der Waals surface area (Å²) in [4.78, 5) is 31.2. The minimum Gasteiger partial charge on any atom is -0.492 e. The Morgan fingerprint density at radius 2 is 1.76 bits per heavy atom. The number of aliphatic hydroxyl groups is 2. The van der Waals surface area contributed by atoms with Gasteiger partial charge in [-0.25, -0.2) is 4.79 Å². The SMILES string of the molecule is COCCOC(=O)N[C@@H](CC1CCCCC1)[C@@H](O)C[C@@H](C(=O)N(C)[C@H]1c2ccccc2C[C@H]1O)c1ccc(OCCN2CCOCC2)cc1. The highest BCUT2D eigenvalue weighted by molar-refractivity contribution is 5.84. The lowest BCUT2D eigenvalue weighted by Crippen LogP contribution is -2.47. The molecule has 2 aromatic rings. The number of nitrogens with one attached hydrogen (secondary N) is 1. The first-order valence-corrected chi connectivity index (χ1v) is 18.0. The molecule has 2 aromatic carbocycles. The summed E-state index contributed by atoms with van der Waals surface area (Å²) in [6, 6.07) is 14.2. The number of fused-ring (bicyclic) bond motifs is 1. The van der Waals surface area contributed by atoms with Gasteiger partial charge in [-0.05, 0) is 47.6 Å². The molecular formula is C38H55N3O8. The molecule has 11 heteroatoms. The van der Waals surface area contributed by atoms with Crippen LogP contribution in [0.15, 0.2) is 48.5 Å². The van der Waals surface area contributed by atoms with Gasteiger partial charge in [-0.15, -0.1) is 0 Å². The number of hydrogen-bond acceptors (Lipinski definition) is 9. The fraction of sp³-hybridized carbons (Fsp3) is 0.632. The number of benzene rings is 2. The molecule has 1 aliphatic heterocycles. The summed E-state index contributed by atoms with van der Waals surface area (Å²) in [5.74, 6) is 0.124. The topological polar surface area (TPSA) is 130 Å². The molecule has 3 aliphatic rings. The summed E-state index contributed by atoms with van der Waals surface area (Å²) in [6.45, 7) is 4.98. The molecule has 11 nitrogen and oxygen atoms in total. The van der Waals surface area contributed by atoms with E-state index < -0.39 is 36.3 Å². The van der Waals surface area contributed by atoms with Crippen LogP contribution in [0.25, 0.3) is 0 Å². The first kappa shape index (κ1) is 37.0. The maximum absolute atomic E-state index is 14.5. The third kappa shape index (κ3) is 10.4. The molecule has 5 rings (SSSR count). The number of amides is 2. The Labute approximate surface area is 290 Å². The molecule has 0 radical (unpaired) electrons. The molecule has 2 amide bonds. The van der Waals surface area contributed by atoms with E-state index in [1.165, 1.54) is 6.42 Å². The monoisotopic (exact) mass is 681 g/mol. The Hall–Kier alpha value is -3.22. The molecule has 5 atom stereocenters. The molecule has 1 saturated carbocycles. The fourth-order valence-corrected chi connectivity index (χ4v) is 7.61. The van der Waals surface area contributed by atoms with Crippen LogP contribution in [0, 0.1) is 5.92 Å². The minimum absolute atomic E-state index is 0.0839. The van der Waals surface area contributed by atoms with Crippen molar-refractivity contribution >= 4 is 12.0 Å². The Balaban J connectivity index is 1.34. The minimum atomic E-state index is -1.02. The van der Waals surface area contributed by atoms with Crippen molar-refractivity contribution in [1.82, 2.24) is 15.1 Å². The summed E-state index contributed by atoms with van der Waals surface area (Å²) < 4.78 is 21.8. The molecule has 0 spiro atoms. The average Bonchev–Trinajstić information content (AvgIpc) is 3.46. The zero-order valence-corrected chi connectivity index (χ0v) is 29.1. The number of carbonyl (C=O) groups is 2. The summed E-state index contributed by atoms with van der Waals surface area (Å²) in [6.07, 6.45) is 4.33. The van der Waals surface area contributed by atoms with Gasteiger partial charge in [0.05, 0.1) is 50.0 Å². The normalized spacial score (nSPS) is 21.7. The predicted molar refractivity (Wildman–Crippen MR) is 186 cm³/mol. The van der Waals surface area contributed by atoms with Gasteiger partial charge >= 0.3 is 6.09 Å². The third-order valence-electron chi connectivity index (χ3n) is 10.4. The predicted octanol–water partition coefficient (Wildman–Crippen LogP) is 4.06. The molecule has 270 valence electrons. The average molecular weight is 682 g/mol. The van der Waals surface area contributed by atoms with Crippen molar-refractivity contribution in [2.45, 2.75) is 81.6 Å². The van der Waals surface area contributed by atoms with E-state index in [1.807, 2.05) is 48.5 Å². The Morgan fingerprint density at radius 3 is 2.49 bits per heavy atom. The van der Waals surface area contributed by atoms with E-state index in [0.717, 1.165) is 75.2 Å². The van der Waals surface area contributed by atoms with Crippen LogP contribution in [0.2, 0.25) is 0 Å². The number of aliphatic hydroxyl groups excluding tert-OH is 2. The van der Waals surface area contributed by atoms with Crippen molar-refractivity contribution in [3.63, 3.8) is 0 Å². The van der Waals surface area contributed by atoms with Crippen LogP contribution in [0.1, 0.15) is 73.6 Å². The van der Waals surface area contributed by atoms with Gasteiger partial charge in [-0.1, -0.05) is 68.5 Å². The Morgan fingerprint density at radius 1 is 1.02 bits per heavy atom. The van der Waals surface area contributed by atoms with Gasteiger partial charge in [0.2, 0.25) is 5.91 Å².